The van der Waals surface area contributed by atoms with Crippen molar-refractivity contribution in [2.75, 3.05) is 33.4 Å². The monoisotopic (exact) mass is 468 g/mol. The van der Waals surface area contributed by atoms with Crippen molar-refractivity contribution < 1.29 is 29.0 Å². The Morgan fingerprint density at radius 1 is 1.06 bits per heavy atom. The number of carboxylic acids is 1. The fourth-order valence-corrected chi connectivity index (χ4v) is 4.38. The normalized spacial score (nSPS) is 13.0. The van der Waals surface area contributed by atoms with Gasteiger partial charge in [-0.1, -0.05) is 61.9 Å². The Labute approximate surface area is 199 Å². The third-order valence-corrected chi connectivity index (χ3v) is 5.97. The Morgan fingerprint density at radius 2 is 1.68 bits per heavy atom. The van der Waals surface area contributed by atoms with Crippen LogP contribution in [-0.4, -0.2) is 67.4 Å². The zero-order chi connectivity index (χ0) is 24.5. The lowest BCUT2D eigenvalue weighted by Gasteiger charge is -2.24. The summed E-state index contributed by atoms with van der Waals surface area (Å²) in [6.07, 6.45) is 0.726. The molecule has 3 rings (SSSR count). The second-order valence-electron chi connectivity index (χ2n) is 8.36. The van der Waals surface area contributed by atoms with Crippen molar-refractivity contribution in [2.45, 2.75) is 38.1 Å². The molecule has 1 atom stereocenters. The maximum atomic E-state index is 12.7. The van der Waals surface area contributed by atoms with Crippen LogP contribution in [0.4, 0.5) is 4.79 Å². The van der Waals surface area contributed by atoms with Crippen LogP contribution in [0.25, 0.3) is 11.1 Å². The van der Waals surface area contributed by atoms with Crippen LogP contribution in [0.3, 0.4) is 0 Å². The van der Waals surface area contributed by atoms with E-state index in [-0.39, 0.29) is 38.0 Å². The first-order valence-electron chi connectivity index (χ1n) is 11.5. The minimum absolute atomic E-state index is 0.00493. The van der Waals surface area contributed by atoms with E-state index in [0.717, 1.165) is 28.7 Å². The number of hydrogen-bond donors (Lipinski definition) is 2. The molecule has 0 radical (unpaired) electrons. The maximum absolute atomic E-state index is 12.7. The van der Waals surface area contributed by atoms with E-state index in [1.165, 1.54) is 12.0 Å². The number of nitrogens with one attached hydrogen (secondary N) is 1. The van der Waals surface area contributed by atoms with Gasteiger partial charge in [0.15, 0.2) is 0 Å². The number of hydrogen-bond acceptors (Lipinski definition) is 5. The van der Waals surface area contributed by atoms with Crippen LogP contribution < -0.4 is 5.32 Å². The van der Waals surface area contributed by atoms with Crippen molar-refractivity contribution in [2.24, 2.45) is 0 Å². The third kappa shape index (κ3) is 6.35. The summed E-state index contributed by atoms with van der Waals surface area (Å²) in [7, 11) is 1.49. The highest BCUT2D eigenvalue weighted by Crippen LogP contribution is 2.44. The first-order chi connectivity index (χ1) is 16.4. The van der Waals surface area contributed by atoms with E-state index in [0.29, 0.717) is 6.42 Å². The number of carbonyl (C=O) groups excluding carboxylic acids is 2. The first-order valence-corrected chi connectivity index (χ1v) is 11.5. The van der Waals surface area contributed by atoms with Gasteiger partial charge in [0.1, 0.15) is 13.2 Å². The summed E-state index contributed by atoms with van der Waals surface area (Å²) in [4.78, 5) is 37.7. The minimum atomic E-state index is -1.10. The van der Waals surface area contributed by atoms with E-state index in [9.17, 15) is 14.4 Å². The van der Waals surface area contributed by atoms with Crippen LogP contribution in [0, 0.1) is 0 Å². The largest absolute Gasteiger partial charge is 0.480 e. The summed E-state index contributed by atoms with van der Waals surface area (Å²) in [5.41, 5.74) is 4.55. The Morgan fingerprint density at radius 3 is 2.24 bits per heavy atom. The number of nitrogens with zero attached hydrogens (tertiary/aromatic N) is 1. The number of ether oxygens (including phenoxy) is 2. The van der Waals surface area contributed by atoms with Crippen LogP contribution in [-0.2, 0) is 19.1 Å². The molecule has 1 unspecified atom stereocenters. The lowest BCUT2D eigenvalue weighted by atomic mass is 9.98. The molecule has 1 aliphatic rings. The van der Waals surface area contributed by atoms with Crippen molar-refractivity contribution in [1.82, 2.24) is 10.2 Å². The van der Waals surface area contributed by atoms with Gasteiger partial charge in [-0.2, -0.15) is 0 Å². The molecule has 0 heterocycles. The van der Waals surface area contributed by atoms with E-state index in [1.807, 2.05) is 31.2 Å². The number of aliphatic carboxylic acids is 1. The predicted octanol–water partition coefficient (Wildman–Crippen LogP) is 3.64. The molecule has 0 fully saturated rings. The molecule has 2 aromatic carbocycles. The summed E-state index contributed by atoms with van der Waals surface area (Å²) in [6, 6.07) is 15.8. The van der Waals surface area contributed by atoms with Crippen LogP contribution >= 0.6 is 0 Å². The Kier molecular flexibility index (Phi) is 9.04. The molecule has 34 heavy (non-hydrogen) atoms. The molecule has 182 valence electrons. The zero-order valence-corrected chi connectivity index (χ0v) is 19.7. The number of amides is 2. The molecule has 8 heteroatoms. The molecule has 0 saturated carbocycles. The zero-order valence-electron chi connectivity index (χ0n) is 19.7. The van der Waals surface area contributed by atoms with Gasteiger partial charge in [-0.25, -0.2) is 4.79 Å². The number of fused-ring (bicyclic) bond motifs is 3. The smallest absolute Gasteiger partial charge is 0.407 e. The number of carboxylic acid groups (broad SMARTS) is 1. The van der Waals surface area contributed by atoms with Gasteiger partial charge in [0.25, 0.3) is 0 Å². The van der Waals surface area contributed by atoms with E-state index in [1.54, 1.807) is 0 Å². The highest BCUT2D eigenvalue weighted by Gasteiger charge is 2.29. The lowest BCUT2D eigenvalue weighted by molar-refractivity contribution is -0.145. The minimum Gasteiger partial charge on any atom is -0.480 e. The number of rotatable bonds is 12. The van der Waals surface area contributed by atoms with E-state index >= 15 is 0 Å². The molecular formula is C26H32N2O6. The predicted molar refractivity (Wildman–Crippen MR) is 128 cm³/mol. The van der Waals surface area contributed by atoms with Gasteiger partial charge in [-0.15, -0.1) is 0 Å². The summed E-state index contributed by atoms with van der Waals surface area (Å²) in [6.45, 7) is 2.14. The average molecular weight is 469 g/mol. The quantitative estimate of drug-likeness (QED) is 0.493. The van der Waals surface area contributed by atoms with Gasteiger partial charge in [0.05, 0.1) is 6.61 Å². The van der Waals surface area contributed by atoms with Crippen LogP contribution in [0.5, 0.6) is 0 Å². The van der Waals surface area contributed by atoms with Gasteiger partial charge in [-0.3, -0.25) is 9.59 Å². The van der Waals surface area contributed by atoms with Crippen molar-refractivity contribution in [3.63, 3.8) is 0 Å². The molecule has 0 saturated heterocycles. The summed E-state index contributed by atoms with van der Waals surface area (Å²) >= 11 is 0. The SMILES string of the molecule is CCCC(CC(=O)N(CCOC)CC(=O)O)NC(=O)OCC1c2ccccc2-c2ccccc21. The molecule has 0 spiro atoms. The fraction of sp³-hybridized carbons (Fsp3) is 0.423. The van der Waals surface area contributed by atoms with E-state index in [4.69, 9.17) is 14.6 Å². The van der Waals surface area contributed by atoms with Crippen LogP contribution in [0.15, 0.2) is 48.5 Å². The molecule has 1 aliphatic carbocycles. The van der Waals surface area contributed by atoms with Gasteiger partial charge >= 0.3 is 12.1 Å². The van der Waals surface area contributed by atoms with Crippen molar-refractivity contribution >= 4 is 18.0 Å². The van der Waals surface area contributed by atoms with Crippen molar-refractivity contribution in [3.8, 4) is 11.1 Å². The van der Waals surface area contributed by atoms with Crippen LogP contribution in [0.1, 0.15) is 43.2 Å². The highest BCUT2D eigenvalue weighted by molar-refractivity contribution is 5.82. The van der Waals surface area contributed by atoms with E-state index in [2.05, 4.69) is 29.6 Å². The third-order valence-electron chi connectivity index (χ3n) is 5.97. The van der Waals surface area contributed by atoms with Crippen molar-refractivity contribution in [1.29, 1.82) is 0 Å². The molecule has 2 amide bonds. The summed E-state index contributed by atoms with van der Waals surface area (Å²) in [5, 5.41) is 11.9. The highest BCUT2D eigenvalue weighted by atomic mass is 16.5. The molecule has 2 aromatic rings. The Hall–Kier alpha value is -3.39. The molecule has 0 bridgehead atoms. The number of methoxy groups -OCH3 is 1. The second-order valence-corrected chi connectivity index (χ2v) is 8.36. The summed E-state index contributed by atoms with van der Waals surface area (Å²) in [5.74, 6) is -1.50. The number of benzene rings is 2. The topological polar surface area (TPSA) is 105 Å². The first kappa shape index (κ1) is 25.2. The van der Waals surface area contributed by atoms with Gasteiger partial charge in [0.2, 0.25) is 5.91 Å². The molecule has 2 N–H and O–H groups in total. The lowest BCUT2D eigenvalue weighted by Crippen LogP contribution is -2.43. The molecular weight excluding hydrogens is 436 g/mol. The molecule has 0 aromatic heterocycles. The van der Waals surface area contributed by atoms with E-state index < -0.39 is 24.6 Å². The Balaban J connectivity index is 1.61. The van der Waals surface area contributed by atoms with Crippen LogP contribution in [0.2, 0.25) is 0 Å². The number of alkyl carbamates (subject to hydrolysis) is 1. The Bertz CT molecular complexity index is 963. The van der Waals surface area contributed by atoms with Gasteiger partial charge in [0, 0.05) is 32.0 Å². The fourth-order valence-electron chi connectivity index (χ4n) is 4.38. The average Bonchev–Trinajstić information content (AvgIpc) is 3.14. The van der Waals surface area contributed by atoms with Gasteiger partial charge < -0.3 is 24.8 Å². The molecule has 8 nitrogen and oxygen atoms in total. The number of carbonyl (C=O) groups is 3. The maximum Gasteiger partial charge on any atom is 0.407 e. The van der Waals surface area contributed by atoms with Crippen molar-refractivity contribution in [3.05, 3.63) is 59.7 Å². The molecule has 0 aliphatic heterocycles. The van der Waals surface area contributed by atoms with Gasteiger partial charge in [-0.05, 0) is 28.7 Å². The second kappa shape index (κ2) is 12.2. The standard InChI is InChI=1S/C26H32N2O6/c1-3-8-18(15-24(29)28(13-14-33-2)16-25(30)31)27-26(32)34-17-23-21-11-6-4-9-19(21)20-10-5-7-12-22(20)23/h4-7,9-12,18,23H,3,8,13-17H2,1-2H3,(H,27,32)(H,30,31). The summed E-state index contributed by atoms with van der Waals surface area (Å²) < 4.78 is 10.6.